The van der Waals surface area contributed by atoms with Crippen LogP contribution in [0.1, 0.15) is 31.1 Å². The summed E-state index contributed by atoms with van der Waals surface area (Å²) >= 11 is 5.12. The molecule has 2 saturated heterocycles. The molecule has 20 heavy (non-hydrogen) atoms. The van der Waals surface area contributed by atoms with Crippen molar-refractivity contribution in [3.8, 4) is 0 Å². The highest BCUT2D eigenvalue weighted by Crippen LogP contribution is 2.31. The Morgan fingerprint density at radius 1 is 1.40 bits per heavy atom. The molecular formula is C14H17BrN2O2S. The lowest BCUT2D eigenvalue weighted by Gasteiger charge is -2.42. The number of carbonyl (C=O) groups is 2. The Kier molecular flexibility index (Phi) is 3.86. The second-order valence-electron chi connectivity index (χ2n) is 5.27. The summed E-state index contributed by atoms with van der Waals surface area (Å²) in [6.07, 6.45) is 2.43. The number of rotatable bonds is 3. The minimum atomic E-state index is -0.300. The van der Waals surface area contributed by atoms with E-state index in [-0.39, 0.29) is 23.9 Å². The molecule has 2 atom stereocenters. The van der Waals surface area contributed by atoms with Gasteiger partial charge in [-0.25, -0.2) is 0 Å². The third kappa shape index (κ3) is 2.19. The average Bonchev–Trinajstić information content (AvgIpc) is 3.06. The molecule has 4 nitrogen and oxygen atoms in total. The van der Waals surface area contributed by atoms with Gasteiger partial charge in [-0.1, -0.05) is 6.92 Å². The van der Waals surface area contributed by atoms with Crippen LogP contribution in [-0.2, 0) is 16.1 Å². The number of amides is 2. The molecule has 1 aromatic heterocycles. The molecule has 2 amide bonds. The highest BCUT2D eigenvalue weighted by atomic mass is 79.9. The highest BCUT2D eigenvalue weighted by molar-refractivity contribution is 9.10. The Bertz CT molecular complexity index is 545. The standard InChI is InChI=1S/C14H17BrN2O2S/c1-2-10-13(18)16-6-3-4-11(16)14(19)17(10)8-12-9(15)5-7-20-12/h5,7,10-11H,2-4,6,8H2,1H3. The van der Waals surface area contributed by atoms with E-state index in [0.29, 0.717) is 13.0 Å². The van der Waals surface area contributed by atoms with Crippen molar-refractivity contribution in [1.82, 2.24) is 9.80 Å². The normalized spacial score (nSPS) is 26.3. The summed E-state index contributed by atoms with van der Waals surface area (Å²) in [5.41, 5.74) is 0. The van der Waals surface area contributed by atoms with Crippen LogP contribution in [0.25, 0.3) is 0 Å². The Morgan fingerprint density at radius 3 is 2.85 bits per heavy atom. The molecule has 0 saturated carbocycles. The number of fused-ring (bicyclic) bond motifs is 1. The van der Waals surface area contributed by atoms with Crippen LogP contribution in [0.15, 0.2) is 15.9 Å². The molecule has 2 fully saturated rings. The third-order valence-corrected chi connectivity index (χ3v) is 6.07. The lowest BCUT2D eigenvalue weighted by Crippen LogP contribution is -2.62. The largest absolute Gasteiger partial charge is 0.329 e. The van der Waals surface area contributed by atoms with Crippen LogP contribution >= 0.6 is 27.3 Å². The van der Waals surface area contributed by atoms with Gasteiger partial charge in [-0.3, -0.25) is 9.59 Å². The van der Waals surface area contributed by atoms with Gasteiger partial charge in [0.2, 0.25) is 11.8 Å². The minimum absolute atomic E-state index is 0.120. The van der Waals surface area contributed by atoms with E-state index in [2.05, 4.69) is 15.9 Å². The first-order valence-electron chi connectivity index (χ1n) is 6.96. The molecule has 0 N–H and O–H groups in total. The van der Waals surface area contributed by atoms with Crippen LogP contribution in [0.4, 0.5) is 0 Å². The van der Waals surface area contributed by atoms with Crippen LogP contribution in [-0.4, -0.2) is 40.2 Å². The second kappa shape index (κ2) is 5.48. The van der Waals surface area contributed by atoms with Crippen LogP contribution in [0.3, 0.4) is 0 Å². The topological polar surface area (TPSA) is 40.6 Å². The van der Waals surface area contributed by atoms with Gasteiger partial charge >= 0.3 is 0 Å². The Hall–Kier alpha value is -0.880. The molecule has 2 unspecified atom stereocenters. The Balaban J connectivity index is 1.89. The Labute approximate surface area is 130 Å². The Morgan fingerprint density at radius 2 is 2.20 bits per heavy atom. The average molecular weight is 357 g/mol. The predicted molar refractivity (Wildman–Crippen MR) is 81.4 cm³/mol. The number of hydrogen-bond acceptors (Lipinski definition) is 3. The SMILES string of the molecule is CCC1C(=O)N2CCCC2C(=O)N1Cc1sccc1Br. The van der Waals surface area contributed by atoms with Crippen molar-refractivity contribution in [3.05, 3.63) is 20.8 Å². The molecular weight excluding hydrogens is 340 g/mol. The minimum Gasteiger partial charge on any atom is -0.329 e. The highest BCUT2D eigenvalue weighted by Gasteiger charge is 2.46. The number of carbonyl (C=O) groups excluding carboxylic acids is 2. The number of hydrogen-bond donors (Lipinski definition) is 0. The maximum atomic E-state index is 12.7. The van der Waals surface area contributed by atoms with Crippen molar-refractivity contribution in [2.75, 3.05) is 6.54 Å². The molecule has 1 aromatic rings. The molecule has 0 bridgehead atoms. The van der Waals surface area contributed by atoms with E-state index in [1.807, 2.05) is 18.4 Å². The lowest BCUT2D eigenvalue weighted by molar-refractivity contribution is -0.160. The van der Waals surface area contributed by atoms with Gasteiger partial charge in [-0.15, -0.1) is 11.3 Å². The van der Waals surface area contributed by atoms with Crippen LogP contribution < -0.4 is 0 Å². The molecule has 0 aromatic carbocycles. The molecule has 3 heterocycles. The zero-order chi connectivity index (χ0) is 14.3. The van der Waals surface area contributed by atoms with Gasteiger partial charge in [0.05, 0.1) is 6.54 Å². The molecule has 108 valence electrons. The van der Waals surface area contributed by atoms with Crippen molar-refractivity contribution in [2.24, 2.45) is 0 Å². The summed E-state index contributed by atoms with van der Waals surface area (Å²) in [4.78, 5) is 29.9. The maximum Gasteiger partial charge on any atom is 0.246 e. The summed E-state index contributed by atoms with van der Waals surface area (Å²) < 4.78 is 1.02. The molecule has 6 heteroatoms. The molecule has 0 aliphatic carbocycles. The zero-order valence-corrected chi connectivity index (χ0v) is 13.7. The van der Waals surface area contributed by atoms with E-state index in [4.69, 9.17) is 0 Å². The molecule has 2 aliphatic rings. The van der Waals surface area contributed by atoms with Crippen molar-refractivity contribution in [3.63, 3.8) is 0 Å². The van der Waals surface area contributed by atoms with Crippen LogP contribution in [0.2, 0.25) is 0 Å². The summed E-state index contributed by atoms with van der Waals surface area (Å²) in [6.45, 7) is 3.25. The van der Waals surface area contributed by atoms with E-state index in [9.17, 15) is 9.59 Å². The summed E-state index contributed by atoms with van der Waals surface area (Å²) in [5, 5.41) is 2.00. The van der Waals surface area contributed by atoms with E-state index < -0.39 is 0 Å². The summed E-state index contributed by atoms with van der Waals surface area (Å²) in [7, 11) is 0. The van der Waals surface area contributed by atoms with Crippen molar-refractivity contribution in [1.29, 1.82) is 0 Å². The molecule has 3 rings (SSSR count). The monoisotopic (exact) mass is 356 g/mol. The van der Waals surface area contributed by atoms with Crippen molar-refractivity contribution in [2.45, 2.75) is 44.8 Å². The van der Waals surface area contributed by atoms with Crippen LogP contribution in [0.5, 0.6) is 0 Å². The number of halogens is 1. The first kappa shape index (κ1) is 14.1. The van der Waals surface area contributed by atoms with Crippen molar-refractivity contribution < 1.29 is 9.59 Å². The number of nitrogens with zero attached hydrogens (tertiary/aromatic N) is 2. The first-order chi connectivity index (χ1) is 9.63. The lowest BCUT2D eigenvalue weighted by atomic mass is 10.0. The van der Waals surface area contributed by atoms with Gasteiger partial charge in [0.15, 0.2) is 0 Å². The van der Waals surface area contributed by atoms with Gasteiger partial charge in [-0.05, 0) is 46.6 Å². The van der Waals surface area contributed by atoms with Crippen molar-refractivity contribution >= 4 is 39.1 Å². The quantitative estimate of drug-likeness (QED) is 0.835. The van der Waals surface area contributed by atoms with E-state index in [1.165, 1.54) is 0 Å². The fraction of sp³-hybridized carbons (Fsp3) is 0.571. The molecule has 0 radical (unpaired) electrons. The molecule has 0 spiro atoms. The fourth-order valence-electron chi connectivity index (χ4n) is 3.13. The number of piperazine rings is 1. The van der Waals surface area contributed by atoms with E-state index >= 15 is 0 Å². The van der Waals surface area contributed by atoms with E-state index in [1.54, 1.807) is 21.1 Å². The van der Waals surface area contributed by atoms with E-state index in [0.717, 1.165) is 28.7 Å². The van der Waals surface area contributed by atoms with Gasteiger partial charge in [0, 0.05) is 15.9 Å². The first-order valence-corrected chi connectivity index (χ1v) is 8.63. The second-order valence-corrected chi connectivity index (χ2v) is 7.13. The van der Waals surface area contributed by atoms with Gasteiger partial charge in [0.25, 0.3) is 0 Å². The number of thiophene rings is 1. The van der Waals surface area contributed by atoms with Crippen LogP contribution in [0, 0.1) is 0 Å². The summed E-state index contributed by atoms with van der Waals surface area (Å²) in [6, 6.07) is 1.47. The third-order valence-electron chi connectivity index (χ3n) is 4.16. The smallest absolute Gasteiger partial charge is 0.246 e. The molecule has 2 aliphatic heterocycles. The van der Waals surface area contributed by atoms with Gasteiger partial charge in [0.1, 0.15) is 12.1 Å². The van der Waals surface area contributed by atoms with Gasteiger partial charge < -0.3 is 9.80 Å². The maximum absolute atomic E-state index is 12.7. The van der Waals surface area contributed by atoms with Gasteiger partial charge in [-0.2, -0.15) is 0 Å². The summed E-state index contributed by atoms with van der Waals surface area (Å²) in [5.74, 6) is 0.247. The predicted octanol–water partition coefficient (Wildman–Crippen LogP) is 2.62. The fourth-order valence-corrected chi connectivity index (χ4v) is 4.61. The zero-order valence-electron chi connectivity index (χ0n) is 11.3.